The molecule has 1 atom stereocenters. The molecular weight excluding hydrogens is 268 g/mol. The number of Topliss-reactive ketones (excluding diaryl/α,β-unsaturated/α-hetero) is 1. The number of ketones is 1. The van der Waals surface area contributed by atoms with Gasteiger partial charge in [-0.15, -0.1) is 0 Å². The standard InChI is InChI=1S/C16H18N2O3/c1-21-16(20)14(18-17)8-4-6-12-10-9-11-5-2-3-7-13(11)15(12)19/h2-3,5,7,12H,4,6,8-10H2,1H3/t12-/m1/s1. The highest BCUT2D eigenvalue weighted by Crippen LogP contribution is 2.28. The second-order valence-electron chi connectivity index (χ2n) is 5.19. The first-order valence-corrected chi connectivity index (χ1v) is 7.08. The van der Waals surface area contributed by atoms with Gasteiger partial charge in [0.1, 0.15) is 0 Å². The smallest absolute Gasteiger partial charge is 0.416 e. The minimum atomic E-state index is -0.627. The van der Waals surface area contributed by atoms with Gasteiger partial charge in [0.25, 0.3) is 0 Å². The predicted molar refractivity (Wildman–Crippen MR) is 77.1 cm³/mol. The summed E-state index contributed by atoms with van der Waals surface area (Å²) in [5.41, 5.74) is 10.7. The Morgan fingerprint density at radius 1 is 1.43 bits per heavy atom. The monoisotopic (exact) mass is 286 g/mol. The van der Waals surface area contributed by atoms with E-state index in [1.54, 1.807) is 0 Å². The van der Waals surface area contributed by atoms with E-state index in [2.05, 4.69) is 9.53 Å². The van der Waals surface area contributed by atoms with Gasteiger partial charge in [-0.2, -0.15) is 4.79 Å². The highest BCUT2D eigenvalue weighted by Gasteiger charge is 2.28. The average molecular weight is 286 g/mol. The molecule has 0 spiro atoms. The van der Waals surface area contributed by atoms with E-state index in [1.807, 2.05) is 24.3 Å². The summed E-state index contributed by atoms with van der Waals surface area (Å²) in [4.78, 5) is 26.6. The second kappa shape index (κ2) is 6.95. The first-order valence-electron chi connectivity index (χ1n) is 7.08. The third-order valence-corrected chi connectivity index (χ3v) is 3.92. The maximum atomic E-state index is 12.4. The van der Waals surface area contributed by atoms with E-state index in [0.717, 1.165) is 24.0 Å². The molecule has 110 valence electrons. The summed E-state index contributed by atoms with van der Waals surface area (Å²) in [6.45, 7) is 0. The van der Waals surface area contributed by atoms with Crippen LogP contribution in [0.5, 0.6) is 0 Å². The van der Waals surface area contributed by atoms with Gasteiger partial charge in [-0.1, -0.05) is 24.3 Å². The van der Waals surface area contributed by atoms with E-state index < -0.39 is 5.97 Å². The third kappa shape index (κ3) is 3.44. The summed E-state index contributed by atoms with van der Waals surface area (Å²) in [5.74, 6) is -0.465. The van der Waals surface area contributed by atoms with Crippen LogP contribution in [0.1, 0.15) is 41.6 Å². The summed E-state index contributed by atoms with van der Waals surface area (Å²) in [6, 6.07) is 7.70. The fourth-order valence-electron chi connectivity index (χ4n) is 2.76. The second-order valence-corrected chi connectivity index (χ2v) is 5.19. The van der Waals surface area contributed by atoms with Crippen LogP contribution < -0.4 is 0 Å². The topological polar surface area (TPSA) is 79.8 Å². The van der Waals surface area contributed by atoms with Crippen LogP contribution in [0.4, 0.5) is 0 Å². The van der Waals surface area contributed by atoms with Crippen LogP contribution in [-0.4, -0.2) is 29.4 Å². The molecule has 1 aromatic rings. The Balaban J connectivity index is 1.92. The summed E-state index contributed by atoms with van der Waals surface area (Å²) in [7, 11) is 1.25. The zero-order valence-corrected chi connectivity index (χ0v) is 12.0. The Morgan fingerprint density at radius 2 is 2.19 bits per heavy atom. The van der Waals surface area contributed by atoms with E-state index in [9.17, 15) is 9.59 Å². The number of rotatable bonds is 5. The fraction of sp³-hybridized carbons (Fsp3) is 0.438. The Hall–Kier alpha value is -2.26. The molecule has 0 amide bonds. The van der Waals surface area contributed by atoms with Crippen molar-refractivity contribution < 1.29 is 19.1 Å². The van der Waals surface area contributed by atoms with Gasteiger partial charge in [0.2, 0.25) is 0 Å². The lowest BCUT2D eigenvalue weighted by atomic mass is 9.80. The first-order chi connectivity index (χ1) is 10.2. The van der Waals surface area contributed by atoms with Crippen molar-refractivity contribution in [2.75, 3.05) is 7.11 Å². The number of aryl methyl sites for hydroxylation is 1. The van der Waals surface area contributed by atoms with E-state index in [-0.39, 0.29) is 17.4 Å². The number of fused-ring (bicyclic) bond motifs is 1. The van der Waals surface area contributed by atoms with Gasteiger partial charge in [0.15, 0.2) is 5.78 Å². The molecule has 0 heterocycles. The Labute approximate surface area is 123 Å². The Bertz CT molecular complexity index is 603. The van der Waals surface area contributed by atoms with Crippen LogP contribution in [0.25, 0.3) is 5.53 Å². The number of carbonyl (C=O) groups is 2. The van der Waals surface area contributed by atoms with Gasteiger partial charge < -0.3 is 10.3 Å². The third-order valence-electron chi connectivity index (χ3n) is 3.92. The van der Waals surface area contributed by atoms with Crippen molar-refractivity contribution in [2.24, 2.45) is 5.92 Å². The minimum absolute atomic E-state index is 0.00107. The number of carbonyl (C=O) groups excluding carboxylic acids is 2. The molecule has 1 aromatic carbocycles. The average Bonchev–Trinajstić information content (AvgIpc) is 2.53. The van der Waals surface area contributed by atoms with Crippen LogP contribution in [-0.2, 0) is 16.0 Å². The molecule has 0 saturated carbocycles. The van der Waals surface area contributed by atoms with Gasteiger partial charge in [-0.25, -0.2) is 4.79 Å². The number of methoxy groups -OCH3 is 1. The summed E-state index contributed by atoms with van der Waals surface area (Å²) in [5, 5.41) is 0. The van der Waals surface area contributed by atoms with Crippen LogP contribution >= 0.6 is 0 Å². The number of hydrogen-bond donors (Lipinski definition) is 0. The molecule has 0 fully saturated rings. The zero-order valence-electron chi connectivity index (χ0n) is 12.0. The molecule has 1 aliphatic carbocycles. The van der Waals surface area contributed by atoms with Crippen molar-refractivity contribution in [3.05, 3.63) is 40.9 Å². The predicted octanol–water partition coefficient (Wildman–Crippen LogP) is 2.45. The SMILES string of the molecule is COC(=O)C(CCC[C@@H]1CCc2ccccc2C1=O)=[N+]=[N-]. The highest BCUT2D eigenvalue weighted by atomic mass is 16.5. The molecule has 0 N–H and O–H groups in total. The van der Waals surface area contributed by atoms with Crippen LogP contribution in [0.15, 0.2) is 24.3 Å². The van der Waals surface area contributed by atoms with Crippen LogP contribution in [0, 0.1) is 5.92 Å². The number of benzene rings is 1. The molecule has 0 radical (unpaired) electrons. The Kier molecular flexibility index (Phi) is 5.01. The molecule has 2 rings (SSSR count). The van der Waals surface area contributed by atoms with E-state index in [1.165, 1.54) is 7.11 Å². The largest absolute Gasteiger partial charge is 0.460 e. The van der Waals surface area contributed by atoms with Gasteiger partial charge in [-0.3, -0.25) is 4.79 Å². The van der Waals surface area contributed by atoms with Crippen molar-refractivity contribution >= 4 is 17.5 Å². The quantitative estimate of drug-likeness (QED) is 0.361. The van der Waals surface area contributed by atoms with Crippen molar-refractivity contribution in [3.8, 4) is 0 Å². The molecule has 0 bridgehead atoms. The zero-order chi connectivity index (χ0) is 15.2. The normalized spacial score (nSPS) is 16.8. The fourth-order valence-corrected chi connectivity index (χ4v) is 2.76. The molecule has 0 saturated heterocycles. The molecule has 5 nitrogen and oxygen atoms in total. The molecule has 21 heavy (non-hydrogen) atoms. The van der Waals surface area contributed by atoms with Crippen molar-refractivity contribution in [1.29, 1.82) is 0 Å². The van der Waals surface area contributed by atoms with Crippen molar-refractivity contribution in [3.63, 3.8) is 0 Å². The number of esters is 1. The summed E-state index contributed by atoms with van der Waals surface area (Å²) in [6.07, 6.45) is 3.36. The minimum Gasteiger partial charge on any atom is -0.460 e. The van der Waals surface area contributed by atoms with E-state index in [4.69, 9.17) is 5.53 Å². The lowest BCUT2D eigenvalue weighted by molar-refractivity contribution is -0.137. The molecule has 0 aliphatic heterocycles. The highest BCUT2D eigenvalue weighted by molar-refractivity contribution is 6.33. The maximum absolute atomic E-state index is 12.4. The molecule has 0 aromatic heterocycles. The van der Waals surface area contributed by atoms with E-state index >= 15 is 0 Å². The van der Waals surface area contributed by atoms with Crippen molar-refractivity contribution in [1.82, 2.24) is 0 Å². The van der Waals surface area contributed by atoms with Crippen LogP contribution in [0.3, 0.4) is 0 Å². The van der Waals surface area contributed by atoms with Crippen molar-refractivity contribution in [2.45, 2.75) is 32.1 Å². The lowest BCUT2D eigenvalue weighted by Gasteiger charge is -2.22. The molecular formula is C16H18N2O3. The molecule has 5 heteroatoms. The Morgan fingerprint density at radius 3 is 2.90 bits per heavy atom. The lowest BCUT2D eigenvalue weighted by Crippen LogP contribution is -2.23. The molecule has 1 aliphatic rings. The maximum Gasteiger partial charge on any atom is 0.416 e. The molecule has 0 unspecified atom stereocenters. The van der Waals surface area contributed by atoms with Gasteiger partial charge in [-0.05, 0) is 31.2 Å². The first kappa shape index (κ1) is 15.1. The summed E-state index contributed by atoms with van der Waals surface area (Å²) < 4.78 is 4.52. The van der Waals surface area contributed by atoms with Gasteiger partial charge >= 0.3 is 11.7 Å². The number of ether oxygens (including phenoxy) is 1. The van der Waals surface area contributed by atoms with E-state index in [0.29, 0.717) is 19.3 Å². The number of nitrogens with zero attached hydrogens (tertiary/aromatic N) is 2. The van der Waals surface area contributed by atoms with Gasteiger partial charge in [0, 0.05) is 11.5 Å². The summed E-state index contributed by atoms with van der Waals surface area (Å²) >= 11 is 0. The van der Waals surface area contributed by atoms with Crippen LogP contribution in [0.2, 0.25) is 0 Å². The van der Waals surface area contributed by atoms with Gasteiger partial charge in [0.05, 0.1) is 13.5 Å². The number of hydrogen-bond acceptors (Lipinski definition) is 3.